The maximum atomic E-state index is 13.5. The first-order valence-electron chi connectivity index (χ1n) is 9.81. The number of rotatable bonds is 6. The largest absolute Gasteiger partial charge is 0.477 e. The average Bonchev–Trinajstić information content (AvgIpc) is 3.29. The maximum Gasteiger partial charge on any atom is 0.346 e. The van der Waals surface area contributed by atoms with Crippen molar-refractivity contribution in [3.05, 3.63) is 107 Å². The van der Waals surface area contributed by atoms with Gasteiger partial charge < -0.3 is 10.0 Å². The molecule has 0 aliphatic carbocycles. The van der Waals surface area contributed by atoms with Crippen LogP contribution in [0.25, 0.3) is 16.5 Å². The van der Waals surface area contributed by atoms with E-state index in [1.165, 1.54) is 41.7 Å². The fourth-order valence-corrected chi connectivity index (χ4v) is 4.23. The number of benzene rings is 3. The first-order valence-corrected chi connectivity index (χ1v) is 10.6. The van der Waals surface area contributed by atoms with Gasteiger partial charge in [-0.05, 0) is 84.4 Å². The third-order valence-corrected chi connectivity index (χ3v) is 5.93. The molecule has 1 N–H and O–H groups in total. The molecule has 4 nitrogen and oxygen atoms in total. The van der Waals surface area contributed by atoms with Crippen molar-refractivity contribution in [1.82, 2.24) is 0 Å². The van der Waals surface area contributed by atoms with Crippen molar-refractivity contribution in [2.45, 2.75) is 0 Å². The molecule has 0 aliphatic heterocycles. The smallest absolute Gasteiger partial charge is 0.346 e. The summed E-state index contributed by atoms with van der Waals surface area (Å²) in [6.07, 6.45) is 1.34. The third kappa shape index (κ3) is 4.97. The van der Waals surface area contributed by atoms with Gasteiger partial charge in [-0.25, -0.2) is 13.6 Å². The van der Waals surface area contributed by atoms with E-state index >= 15 is 0 Å². The Labute approximate surface area is 192 Å². The maximum absolute atomic E-state index is 13.5. The Kier molecular flexibility index (Phi) is 6.29. The lowest BCUT2D eigenvalue weighted by Crippen LogP contribution is -2.09. The molecule has 0 saturated heterocycles. The molecule has 4 rings (SSSR count). The second-order valence-electron chi connectivity index (χ2n) is 7.01. The zero-order valence-corrected chi connectivity index (χ0v) is 17.9. The van der Waals surface area contributed by atoms with Gasteiger partial charge in [0.2, 0.25) is 0 Å². The molecular formula is C26H16F2N2O2S. The molecule has 0 bridgehead atoms. The molecular weight excluding hydrogens is 442 g/mol. The fourth-order valence-electron chi connectivity index (χ4n) is 3.27. The van der Waals surface area contributed by atoms with Crippen LogP contribution in [0, 0.1) is 23.0 Å². The number of anilines is 3. The summed E-state index contributed by atoms with van der Waals surface area (Å²) in [6, 6.07) is 25.0. The summed E-state index contributed by atoms with van der Waals surface area (Å²) in [5, 5.41) is 18.0. The van der Waals surface area contributed by atoms with E-state index in [2.05, 4.69) is 0 Å². The third-order valence-electron chi connectivity index (χ3n) is 4.84. The highest BCUT2D eigenvalue weighted by Gasteiger charge is 2.14. The predicted octanol–water partition coefficient (Wildman–Crippen LogP) is 7.15. The number of carboxylic acid groups (broad SMARTS) is 1. The summed E-state index contributed by atoms with van der Waals surface area (Å²) >= 11 is 1.37. The van der Waals surface area contributed by atoms with Gasteiger partial charge in [0.15, 0.2) is 0 Å². The molecule has 4 aromatic rings. The van der Waals surface area contributed by atoms with Crippen LogP contribution >= 0.6 is 11.3 Å². The minimum Gasteiger partial charge on any atom is -0.477 e. The highest BCUT2D eigenvalue weighted by atomic mass is 32.1. The molecule has 33 heavy (non-hydrogen) atoms. The number of carboxylic acids is 1. The Hall–Kier alpha value is -4.28. The second-order valence-corrected chi connectivity index (χ2v) is 8.13. The zero-order chi connectivity index (χ0) is 23.4. The number of halogens is 2. The zero-order valence-electron chi connectivity index (χ0n) is 17.1. The van der Waals surface area contributed by atoms with E-state index in [0.29, 0.717) is 4.88 Å². The molecule has 1 aromatic heterocycles. The van der Waals surface area contributed by atoms with E-state index in [9.17, 15) is 13.6 Å². The van der Waals surface area contributed by atoms with Crippen molar-refractivity contribution in [3.63, 3.8) is 0 Å². The Morgan fingerprint density at radius 2 is 1.30 bits per heavy atom. The monoisotopic (exact) mass is 458 g/mol. The molecule has 0 atom stereocenters. The van der Waals surface area contributed by atoms with Crippen molar-refractivity contribution < 1.29 is 18.7 Å². The van der Waals surface area contributed by atoms with Gasteiger partial charge in [0.25, 0.3) is 0 Å². The molecule has 0 amide bonds. The van der Waals surface area contributed by atoms with Crippen LogP contribution in [0.3, 0.4) is 0 Å². The van der Waals surface area contributed by atoms with Crippen LogP contribution in [-0.4, -0.2) is 11.1 Å². The quantitative estimate of drug-likeness (QED) is 0.246. The van der Waals surface area contributed by atoms with E-state index in [0.717, 1.165) is 27.5 Å². The number of nitrogens with zero attached hydrogens (tertiary/aromatic N) is 2. The van der Waals surface area contributed by atoms with Crippen molar-refractivity contribution in [1.29, 1.82) is 5.26 Å². The highest BCUT2D eigenvalue weighted by molar-refractivity contribution is 7.16. The summed E-state index contributed by atoms with van der Waals surface area (Å²) in [6.45, 7) is 0. The lowest BCUT2D eigenvalue weighted by Gasteiger charge is -2.25. The van der Waals surface area contributed by atoms with Crippen molar-refractivity contribution in [2.24, 2.45) is 0 Å². The Morgan fingerprint density at radius 1 is 0.818 bits per heavy atom. The molecule has 162 valence electrons. The molecule has 0 aliphatic rings. The van der Waals surface area contributed by atoms with Gasteiger partial charge in [0.05, 0.1) is 0 Å². The van der Waals surface area contributed by atoms with Crippen LogP contribution in [-0.2, 0) is 4.79 Å². The minimum absolute atomic E-state index is 0.326. The van der Waals surface area contributed by atoms with Gasteiger partial charge in [-0.15, -0.1) is 11.3 Å². The first-order chi connectivity index (χ1) is 15.9. The van der Waals surface area contributed by atoms with Gasteiger partial charge in [-0.2, -0.15) is 5.26 Å². The van der Waals surface area contributed by atoms with Gasteiger partial charge in [0.1, 0.15) is 23.3 Å². The second kappa shape index (κ2) is 9.47. The van der Waals surface area contributed by atoms with Gasteiger partial charge in [-0.1, -0.05) is 12.1 Å². The molecule has 1 heterocycles. The van der Waals surface area contributed by atoms with E-state index in [-0.39, 0.29) is 17.2 Å². The van der Waals surface area contributed by atoms with Crippen LogP contribution in [0.4, 0.5) is 25.8 Å². The predicted molar refractivity (Wildman–Crippen MR) is 126 cm³/mol. The fraction of sp³-hybridized carbons (Fsp3) is 0. The Bertz CT molecular complexity index is 1310. The first kappa shape index (κ1) is 21.9. The van der Waals surface area contributed by atoms with Crippen LogP contribution in [0.1, 0.15) is 4.88 Å². The van der Waals surface area contributed by atoms with Crippen molar-refractivity contribution in [2.75, 3.05) is 4.90 Å². The topological polar surface area (TPSA) is 64.3 Å². The summed E-state index contributed by atoms with van der Waals surface area (Å²) in [4.78, 5) is 14.5. The molecule has 0 saturated carbocycles. The number of aliphatic carboxylic acids is 1. The van der Waals surface area contributed by atoms with Gasteiger partial charge in [-0.3, -0.25) is 0 Å². The van der Waals surface area contributed by atoms with E-state index in [4.69, 9.17) is 10.4 Å². The van der Waals surface area contributed by atoms with Crippen LogP contribution < -0.4 is 4.90 Å². The lowest BCUT2D eigenvalue weighted by molar-refractivity contribution is -0.132. The molecule has 7 heteroatoms. The Balaban J connectivity index is 1.67. The molecule has 0 unspecified atom stereocenters. The summed E-state index contributed by atoms with van der Waals surface area (Å²) < 4.78 is 27.0. The van der Waals surface area contributed by atoms with E-state index < -0.39 is 5.97 Å². The molecule has 0 radical (unpaired) electrons. The number of thiophene rings is 1. The Morgan fingerprint density at radius 3 is 1.76 bits per heavy atom. The molecule has 0 fully saturated rings. The number of carbonyl (C=O) groups is 1. The standard InChI is InChI=1S/C26H16F2N2O2S/c27-19-3-9-22(10-4-19)30(23-11-5-20(28)6-12-23)21-7-1-17(2-8-21)25-14-13-24(33-25)15-18(16-29)26(31)32/h1-15H,(H,31,32). The average molecular weight is 458 g/mol. The van der Waals surface area contributed by atoms with E-state index in [1.807, 2.05) is 35.2 Å². The normalized spacial score (nSPS) is 11.1. The van der Waals surface area contributed by atoms with Crippen LogP contribution in [0.5, 0.6) is 0 Å². The summed E-state index contributed by atoms with van der Waals surface area (Å²) in [5.74, 6) is -1.96. The molecule has 0 spiro atoms. The minimum atomic E-state index is -1.27. The number of hydrogen-bond donors (Lipinski definition) is 1. The van der Waals surface area contributed by atoms with Crippen molar-refractivity contribution in [3.8, 4) is 16.5 Å². The molecule has 3 aromatic carbocycles. The van der Waals surface area contributed by atoms with Crippen molar-refractivity contribution >= 4 is 40.4 Å². The lowest BCUT2D eigenvalue weighted by atomic mass is 10.1. The number of nitriles is 1. The summed E-state index contributed by atoms with van der Waals surface area (Å²) in [5.41, 5.74) is 2.82. The summed E-state index contributed by atoms with van der Waals surface area (Å²) in [7, 11) is 0. The van der Waals surface area contributed by atoms with Crippen LogP contribution in [0.2, 0.25) is 0 Å². The highest BCUT2D eigenvalue weighted by Crippen LogP contribution is 2.37. The van der Waals surface area contributed by atoms with Gasteiger partial charge >= 0.3 is 5.97 Å². The van der Waals surface area contributed by atoms with Gasteiger partial charge in [0, 0.05) is 26.8 Å². The SMILES string of the molecule is N#CC(=Cc1ccc(-c2ccc(N(c3ccc(F)cc3)c3ccc(F)cc3)cc2)s1)C(=O)O. The van der Waals surface area contributed by atoms with E-state index in [1.54, 1.807) is 36.4 Å². The van der Waals surface area contributed by atoms with Crippen LogP contribution in [0.15, 0.2) is 90.5 Å². The number of hydrogen-bond acceptors (Lipinski definition) is 4.